The Bertz CT molecular complexity index is 597. The van der Waals surface area contributed by atoms with E-state index in [9.17, 15) is 0 Å². The molecule has 1 N–H and O–H groups in total. The SMILES string of the molecule is CCCCCCCCCCCCCCCCCCOCC(C[S+](C)CCCCCCO)OCc1ccccc1. The molecule has 0 amide bonds. The second-order valence-electron chi connectivity index (χ2n) is 11.6. The second-order valence-corrected chi connectivity index (χ2v) is 13.9. The molecule has 0 heterocycles. The average Bonchev–Trinajstić information content (AvgIpc) is 2.95. The van der Waals surface area contributed by atoms with Gasteiger partial charge in [0.1, 0.15) is 17.6 Å². The number of rotatable bonds is 30. The van der Waals surface area contributed by atoms with E-state index in [1.165, 1.54) is 127 Å². The summed E-state index contributed by atoms with van der Waals surface area (Å²) in [6, 6.07) is 10.5. The minimum Gasteiger partial charge on any atom is -0.396 e. The highest BCUT2D eigenvalue weighted by atomic mass is 32.2. The van der Waals surface area contributed by atoms with Gasteiger partial charge in [0.25, 0.3) is 0 Å². The lowest BCUT2D eigenvalue weighted by atomic mass is 10.0. The van der Waals surface area contributed by atoms with E-state index in [2.05, 4.69) is 43.5 Å². The van der Waals surface area contributed by atoms with Crippen molar-refractivity contribution in [1.29, 1.82) is 0 Å². The van der Waals surface area contributed by atoms with Crippen molar-refractivity contribution in [1.82, 2.24) is 0 Å². The molecule has 4 heteroatoms. The smallest absolute Gasteiger partial charge is 0.136 e. The Hall–Kier alpha value is -0.550. The largest absolute Gasteiger partial charge is 0.396 e. The third-order valence-electron chi connectivity index (χ3n) is 7.65. The van der Waals surface area contributed by atoms with Gasteiger partial charge in [-0.15, -0.1) is 0 Å². The Balaban J connectivity index is 2.04. The lowest BCUT2D eigenvalue weighted by molar-refractivity contribution is -0.0132. The van der Waals surface area contributed by atoms with Gasteiger partial charge in [-0.1, -0.05) is 140 Å². The third kappa shape index (κ3) is 24.9. The number of ether oxygens (including phenoxy) is 2. The fourth-order valence-corrected chi connectivity index (χ4v) is 6.80. The van der Waals surface area contributed by atoms with Crippen molar-refractivity contribution in [2.75, 3.05) is 37.6 Å². The van der Waals surface area contributed by atoms with Crippen LogP contribution in [0.15, 0.2) is 30.3 Å². The summed E-state index contributed by atoms with van der Waals surface area (Å²) < 4.78 is 12.4. The van der Waals surface area contributed by atoms with Crippen LogP contribution in [0.2, 0.25) is 0 Å². The van der Waals surface area contributed by atoms with Gasteiger partial charge in [0, 0.05) is 13.2 Å². The first-order valence-corrected chi connectivity index (χ1v) is 18.7. The van der Waals surface area contributed by atoms with Crippen LogP contribution in [0, 0.1) is 0 Å². The van der Waals surface area contributed by atoms with Gasteiger partial charge < -0.3 is 14.6 Å². The maximum absolute atomic E-state index is 8.97. The first-order valence-electron chi connectivity index (χ1n) is 16.7. The monoisotopic (exact) mass is 565 g/mol. The molecule has 2 atom stereocenters. The van der Waals surface area contributed by atoms with Gasteiger partial charge in [-0.2, -0.15) is 0 Å². The molecule has 0 aliphatic rings. The zero-order valence-corrected chi connectivity index (χ0v) is 26.8. The first kappa shape index (κ1) is 36.5. The maximum atomic E-state index is 8.97. The number of unbranched alkanes of at least 4 members (excludes halogenated alkanes) is 18. The van der Waals surface area contributed by atoms with E-state index in [0.29, 0.717) is 30.7 Å². The van der Waals surface area contributed by atoms with Crippen molar-refractivity contribution in [3.8, 4) is 0 Å². The third-order valence-corrected chi connectivity index (χ3v) is 9.57. The molecule has 0 saturated heterocycles. The van der Waals surface area contributed by atoms with Gasteiger partial charge in [0.05, 0.1) is 19.5 Å². The fourth-order valence-electron chi connectivity index (χ4n) is 5.11. The van der Waals surface area contributed by atoms with Crippen molar-refractivity contribution in [3.05, 3.63) is 35.9 Å². The summed E-state index contributed by atoms with van der Waals surface area (Å²) in [5.41, 5.74) is 1.24. The molecule has 0 spiro atoms. The molecule has 3 nitrogen and oxygen atoms in total. The van der Waals surface area contributed by atoms with E-state index in [4.69, 9.17) is 14.6 Å². The van der Waals surface area contributed by atoms with Crippen LogP contribution >= 0.6 is 0 Å². The van der Waals surface area contributed by atoms with Crippen LogP contribution in [0.1, 0.15) is 141 Å². The summed E-state index contributed by atoms with van der Waals surface area (Å²) in [6.07, 6.45) is 29.5. The molecule has 1 aromatic carbocycles. The second kappa shape index (κ2) is 29.0. The number of benzene rings is 1. The number of hydrogen-bond donors (Lipinski definition) is 1. The summed E-state index contributed by atoms with van der Waals surface area (Å²) in [6.45, 7) is 4.87. The van der Waals surface area contributed by atoms with Crippen molar-refractivity contribution in [3.63, 3.8) is 0 Å². The Morgan fingerprint density at radius 3 is 1.74 bits per heavy atom. The van der Waals surface area contributed by atoms with E-state index < -0.39 is 0 Å². The highest BCUT2D eigenvalue weighted by Gasteiger charge is 2.21. The van der Waals surface area contributed by atoms with Crippen LogP contribution in [0.3, 0.4) is 0 Å². The molecular weight excluding hydrogens is 500 g/mol. The number of hydrogen-bond acceptors (Lipinski definition) is 3. The minimum atomic E-state index is 0.178. The molecule has 2 unspecified atom stereocenters. The molecule has 0 saturated carbocycles. The molecule has 39 heavy (non-hydrogen) atoms. The van der Waals surface area contributed by atoms with E-state index in [-0.39, 0.29) is 6.10 Å². The van der Waals surface area contributed by atoms with Crippen molar-refractivity contribution in [2.45, 2.75) is 148 Å². The van der Waals surface area contributed by atoms with Gasteiger partial charge in [-0.25, -0.2) is 0 Å². The van der Waals surface area contributed by atoms with Gasteiger partial charge in [-0.3, -0.25) is 0 Å². The Kier molecular flexibility index (Phi) is 27.1. The van der Waals surface area contributed by atoms with Crippen molar-refractivity contribution >= 4 is 10.9 Å². The van der Waals surface area contributed by atoms with Crippen LogP contribution in [0.5, 0.6) is 0 Å². The van der Waals surface area contributed by atoms with Gasteiger partial charge in [0.2, 0.25) is 0 Å². The van der Waals surface area contributed by atoms with Crippen LogP contribution in [0.25, 0.3) is 0 Å². The summed E-state index contributed by atoms with van der Waals surface area (Å²) >= 11 is 0. The summed E-state index contributed by atoms with van der Waals surface area (Å²) in [5, 5.41) is 8.97. The van der Waals surface area contributed by atoms with Gasteiger partial charge in [-0.05, 0) is 42.1 Å². The molecular formula is C35H65O3S+. The molecule has 228 valence electrons. The fraction of sp³-hybridized carbons (Fsp3) is 0.829. The topological polar surface area (TPSA) is 38.7 Å². The highest BCUT2D eigenvalue weighted by Crippen LogP contribution is 2.14. The van der Waals surface area contributed by atoms with Crippen LogP contribution < -0.4 is 0 Å². The molecule has 0 aromatic heterocycles. The first-order chi connectivity index (χ1) is 19.3. The van der Waals surface area contributed by atoms with E-state index >= 15 is 0 Å². The number of aliphatic hydroxyl groups is 1. The van der Waals surface area contributed by atoms with E-state index in [0.717, 1.165) is 25.2 Å². The lowest BCUT2D eigenvalue weighted by Gasteiger charge is -2.18. The summed E-state index contributed by atoms with van der Waals surface area (Å²) in [5.74, 6) is 2.35. The van der Waals surface area contributed by atoms with Crippen LogP contribution in [0.4, 0.5) is 0 Å². The molecule has 0 aliphatic carbocycles. The van der Waals surface area contributed by atoms with Crippen molar-refractivity contribution in [2.24, 2.45) is 0 Å². The lowest BCUT2D eigenvalue weighted by Crippen LogP contribution is -2.30. The van der Waals surface area contributed by atoms with Gasteiger partial charge in [0.15, 0.2) is 0 Å². The Morgan fingerprint density at radius 1 is 0.667 bits per heavy atom. The predicted molar refractivity (Wildman–Crippen MR) is 174 cm³/mol. The molecule has 0 aliphatic heterocycles. The Labute approximate surface area is 246 Å². The Morgan fingerprint density at radius 2 is 1.18 bits per heavy atom. The number of aliphatic hydroxyl groups excluding tert-OH is 1. The maximum Gasteiger partial charge on any atom is 0.136 e. The minimum absolute atomic E-state index is 0.178. The molecule has 1 rings (SSSR count). The standard InChI is InChI=1S/C35H65O3S/c1-3-4-5-6-7-8-9-10-11-12-13-14-15-16-18-24-29-37-32-35(38-31-34-26-21-20-22-27-34)33-39(2)30-25-19-17-23-28-36/h20-22,26-27,35-36H,3-19,23-25,28-33H2,1-2H3/q+1. The van der Waals surface area contributed by atoms with Crippen LogP contribution in [-0.4, -0.2) is 48.8 Å². The normalized spacial score (nSPS) is 13.1. The zero-order valence-electron chi connectivity index (χ0n) is 26.0. The quantitative estimate of drug-likeness (QED) is 0.0745. The zero-order chi connectivity index (χ0) is 28.1. The van der Waals surface area contributed by atoms with Gasteiger partial charge >= 0.3 is 0 Å². The summed E-state index contributed by atoms with van der Waals surface area (Å²) in [4.78, 5) is 0. The van der Waals surface area contributed by atoms with Crippen LogP contribution in [-0.2, 0) is 27.0 Å². The van der Waals surface area contributed by atoms with E-state index in [1.807, 2.05) is 0 Å². The molecule has 0 radical (unpaired) electrons. The molecule has 1 aromatic rings. The highest BCUT2D eigenvalue weighted by molar-refractivity contribution is 7.96. The van der Waals surface area contributed by atoms with E-state index in [1.54, 1.807) is 0 Å². The van der Waals surface area contributed by atoms with Crippen molar-refractivity contribution < 1.29 is 14.6 Å². The predicted octanol–water partition coefficient (Wildman–Crippen LogP) is 9.65. The molecule has 0 fully saturated rings. The molecule has 0 bridgehead atoms. The summed E-state index contributed by atoms with van der Waals surface area (Å²) in [7, 11) is 0.350. The average molecular weight is 566 g/mol.